The average Bonchev–Trinajstić information content (AvgIpc) is 3.50. The Morgan fingerprint density at radius 3 is 2.67 bits per heavy atom. The summed E-state index contributed by atoms with van der Waals surface area (Å²) in [6, 6.07) is 5.49. The van der Waals surface area contributed by atoms with E-state index in [1.165, 1.54) is 26.0 Å². The van der Waals surface area contributed by atoms with Crippen LogP contribution < -0.4 is 10.1 Å². The quantitative estimate of drug-likeness (QED) is 0.400. The monoisotopic (exact) mass is 377 g/mol. The van der Waals surface area contributed by atoms with Crippen LogP contribution in [0.2, 0.25) is 0 Å². The molecule has 0 unspecified atom stereocenters. The molecule has 1 heterocycles. The van der Waals surface area contributed by atoms with Gasteiger partial charge in [-0.2, -0.15) is 0 Å². The van der Waals surface area contributed by atoms with Crippen LogP contribution in [0.15, 0.2) is 18.2 Å². The van der Waals surface area contributed by atoms with Crippen molar-refractivity contribution in [2.75, 3.05) is 33.4 Å². The molecule has 1 aromatic rings. The van der Waals surface area contributed by atoms with Gasteiger partial charge in [0.15, 0.2) is 12.4 Å². The zero-order valence-electron chi connectivity index (χ0n) is 15.7. The molecule has 1 aliphatic carbocycles. The van der Waals surface area contributed by atoms with Gasteiger partial charge in [0, 0.05) is 18.7 Å². The second-order valence-electron chi connectivity index (χ2n) is 7.33. The summed E-state index contributed by atoms with van der Waals surface area (Å²) in [6.45, 7) is 3.43. The van der Waals surface area contributed by atoms with Gasteiger partial charge in [0.25, 0.3) is 0 Å². The molecule has 8 heteroatoms. The molecule has 1 N–H and O–H groups in total. The zero-order valence-corrected chi connectivity index (χ0v) is 15.7. The summed E-state index contributed by atoms with van der Waals surface area (Å²) in [4.78, 5) is 24.4. The van der Waals surface area contributed by atoms with Crippen molar-refractivity contribution < 1.29 is 19.2 Å². The van der Waals surface area contributed by atoms with Crippen LogP contribution in [-0.4, -0.2) is 55.2 Å². The van der Waals surface area contributed by atoms with Gasteiger partial charge in [0.2, 0.25) is 0 Å². The maximum atomic E-state index is 11.3. The molecule has 2 fully saturated rings. The highest BCUT2D eigenvalue weighted by Gasteiger charge is 2.25. The molecule has 1 aliphatic heterocycles. The Bertz CT molecular complexity index is 669. The summed E-state index contributed by atoms with van der Waals surface area (Å²) >= 11 is 0. The van der Waals surface area contributed by atoms with Gasteiger partial charge in [0.05, 0.1) is 12.0 Å². The molecule has 1 saturated heterocycles. The summed E-state index contributed by atoms with van der Waals surface area (Å²) < 4.78 is 9.72. The molecule has 0 aromatic heterocycles. The van der Waals surface area contributed by atoms with Crippen molar-refractivity contribution in [2.45, 2.75) is 38.3 Å². The number of nitro groups is 1. The predicted octanol–water partition coefficient (Wildman–Crippen LogP) is 2.11. The lowest BCUT2D eigenvalue weighted by Gasteiger charge is -2.32. The SMILES string of the molecule is COC(=O)COc1ccc(CN2CCC(NCC3CC3)CC2)cc1[N+](=O)[O-]. The molecule has 27 heavy (non-hydrogen) atoms. The third kappa shape index (κ3) is 5.90. The number of benzene rings is 1. The summed E-state index contributed by atoms with van der Waals surface area (Å²) in [6.07, 6.45) is 4.94. The number of esters is 1. The third-order valence-electron chi connectivity index (χ3n) is 5.18. The molecule has 0 atom stereocenters. The van der Waals surface area contributed by atoms with Gasteiger partial charge in [-0.15, -0.1) is 0 Å². The van der Waals surface area contributed by atoms with Crippen molar-refractivity contribution in [3.05, 3.63) is 33.9 Å². The van der Waals surface area contributed by atoms with Crippen molar-refractivity contribution in [1.29, 1.82) is 0 Å². The summed E-state index contributed by atoms with van der Waals surface area (Å²) in [5.41, 5.74) is 0.744. The largest absolute Gasteiger partial charge is 0.475 e. The molecule has 8 nitrogen and oxygen atoms in total. The van der Waals surface area contributed by atoms with Crippen molar-refractivity contribution >= 4 is 11.7 Å². The van der Waals surface area contributed by atoms with Crippen molar-refractivity contribution in [2.24, 2.45) is 5.92 Å². The van der Waals surface area contributed by atoms with E-state index in [1.54, 1.807) is 6.07 Å². The third-order valence-corrected chi connectivity index (χ3v) is 5.18. The molecular formula is C19H27N3O5. The average molecular weight is 377 g/mol. The van der Waals surface area contributed by atoms with E-state index in [0.29, 0.717) is 12.6 Å². The molecule has 0 bridgehead atoms. The normalized spacial score (nSPS) is 18.3. The number of carbonyl (C=O) groups is 1. The fourth-order valence-corrected chi connectivity index (χ4v) is 3.33. The smallest absolute Gasteiger partial charge is 0.343 e. The first kappa shape index (κ1) is 19.6. The van der Waals surface area contributed by atoms with E-state index in [1.807, 2.05) is 6.07 Å². The van der Waals surface area contributed by atoms with Crippen LogP contribution in [-0.2, 0) is 16.1 Å². The van der Waals surface area contributed by atoms with Crippen LogP contribution in [0, 0.1) is 16.0 Å². The minimum absolute atomic E-state index is 0.0807. The highest BCUT2D eigenvalue weighted by molar-refractivity contribution is 5.71. The molecule has 0 amide bonds. The first-order valence-electron chi connectivity index (χ1n) is 9.48. The number of hydrogen-bond donors (Lipinski definition) is 1. The number of carbonyl (C=O) groups excluding carboxylic acids is 1. The number of nitrogens with one attached hydrogen (secondary N) is 1. The van der Waals surface area contributed by atoms with Crippen LogP contribution in [0.5, 0.6) is 5.75 Å². The molecule has 0 radical (unpaired) electrons. The van der Waals surface area contributed by atoms with E-state index in [2.05, 4.69) is 15.0 Å². The molecule has 2 aliphatic rings. The van der Waals surface area contributed by atoms with Gasteiger partial charge < -0.3 is 14.8 Å². The molecule has 1 saturated carbocycles. The Morgan fingerprint density at radius 1 is 1.30 bits per heavy atom. The summed E-state index contributed by atoms with van der Waals surface area (Å²) in [7, 11) is 1.24. The number of likely N-dealkylation sites (tertiary alicyclic amines) is 1. The first-order chi connectivity index (χ1) is 13.0. The highest BCUT2D eigenvalue weighted by Crippen LogP contribution is 2.30. The fraction of sp³-hybridized carbons (Fsp3) is 0.632. The number of rotatable bonds is 9. The lowest BCUT2D eigenvalue weighted by molar-refractivity contribution is -0.385. The van der Waals surface area contributed by atoms with E-state index in [4.69, 9.17) is 4.74 Å². The Morgan fingerprint density at radius 2 is 2.04 bits per heavy atom. The standard InChI is InChI=1S/C19H27N3O5/c1-26-19(23)13-27-18-5-4-15(10-17(18)22(24)25)12-21-8-6-16(7-9-21)20-11-14-2-3-14/h4-5,10,14,16,20H,2-3,6-9,11-13H2,1H3. The summed E-state index contributed by atoms with van der Waals surface area (Å²) in [5.74, 6) is 0.396. The van der Waals surface area contributed by atoms with E-state index >= 15 is 0 Å². The fourth-order valence-electron chi connectivity index (χ4n) is 3.33. The van der Waals surface area contributed by atoms with Gasteiger partial charge in [-0.1, -0.05) is 6.07 Å². The number of nitro benzene ring substituents is 1. The number of nitrogens with zero attached hydrogens (tertiary/aromatic N) is 2. The van der Waals surface area contributed by atoms with Crippen LogP contribution in [0.25, 0.3) is 0 Å². The van der Waals surface area contributed by atoms with Crippen LogP contribution >= 0.6 is 0 Å². The molecule has 148 valence electrons. The lowest BCUT2D eigenvalue weighted by Crippen LogP contribution is -2.42. The maximum Gasteiger partial charge on any atom is 0.343 e. The van der Waals surface area contributed by atoms with Crippen LogP contribution in [0.1, 0.15) is 31.2 Å². The number of piperidine rings is 1. The molecular weight excluding hydrogens is 350 g/mol. The number of ether oxygens (including phenoxy) is 2. The molecule has 1 aromatic carbocycles. The van der Waals surface area contributed by atoms with Crippen molar-refractivity contribution in [3.63, 3.8) is 0 Å². The van der Waals surface area contributed by atoms with Crippen molar-refractivity contribution in [1.82, 2.24) is 10.2 Å². The van der Waals surface area contributed by atoms with Gasteiger partial charge >= 0.3 is 11.7 Å². The second-order valence-corrected chi connectivity index (χ2v) is 7.33. The second kappa shape index (κ2) is 9.14. The number of methoxy groups -OCH3 is 1. The minimum Gasteiger partial charge on any atom is -0.475 e. The zero-order chi connectivity index (χ0) is 19.2. The van der Waals surface area contributed by atoms with Gasteiger partial charge in [0.1, 0.15) is 0 Å². The topological polar surface area (TPSA) is 93.9 Å². The Hall–Kier alpha value is -2.19. The molecule has 0 spiro atoms. The van der Waals surface area contributed by atoms with E-state index in [0.717, 1.165) is 44.0 Å². The van der Waals surface area contributed by atoms with Gasteiger partial charge in [-0.05, 0) is 62.9 Å². The number of hydrogen-bond acceptors (Lipinski definition) is 7. The Balaban J connectivity index is 1.52. The summed E-state index contributed by atoms with van der Waals surface area (Å²) in [5, 5.41) is 15.0. The van der Waals surface area contributed by atoms with E-state index < -0.39 is 10.9 Å². The van der Waals surface area contributed by atoms with Crippen molar-refractivity contribution in [3.8, 4) is 5.75 Å². The maximum absolute atomic E-state index is 11.3. The van der Waals surface area contributed by atoms with E-state index in [9.17, 15) is 14.9 Å². The Kier molecular flexibility index (Phi) is 6.63. The van der Waals surface area contributed by atoms with E-state index in [-0.39, 0.29) is 18.0 Å². The molecule has 3 rings (SSSR count). The minimum atomic E-state index is -0.577. The van der Waals surface area contributed by atoms with Gasteiger partial charge in [-0.3, -0.25) is 15.0 Å². The highest BCUT2D eigenvalue weighted by atomic mass is 16.6. The van der Waals surface area contributed by atoms with Gasteiger partial charge in [-0.25, -0.2) is 4.79 Å². The first-order valence-corrected chi connectivity index (χ1v) is 9.48. The van der Waals surface area contributed by atoms with Crippen LogP contribution in [0.3, 0.4) is 0 Å². The lowest BCUT2D eigenvalue weighted by atomic mass is 10.0. The van der Waals surface area contributed by atoms with Crippen LogP contribution in [0.4, 0.5) is 5.69 Å². The Labute approximate surface area is 159 Å². The predicted molar refractivity (Wildman–Crippen MR) is 99.6 cm³/mol.